The van der Waals surface area contributed by atoms with Crippen molar-refractivity contribution in [1.29, 1.82) is 0 Å². The van der Waals surface area contributed by atoms with E-state index in [4.69, 9.17) is 0 Å². The lowest BCUT2D eigenvalue weighted by molar-refractivity contribution is -0.115. The Morgan fingerprint density at radius 1 is 1.62 bits per heavy atom. The van der Waals surface area contributed by atoms with Gasteiger partial charge in [0.05, 0.1) is 17.3 Å². The van der Waals surface area contributed by atoms with Crippen molar-refractivity contribution in [3.63, 3.8) is 0 Å². The molecule has 4 nitrogen and oxygen atoms in total. The fourth-order valence-corrected chi connectivity index (χ4v) is 2.17. The summed E-state index contributed by atoms with van der Waals surface area (Å²) in [5.41, 5.74) is 0. The summed E-state index contributed by atoms with van der Waals surface area (Å²) >= 11 is 1.62. The smallest absolute Gasteiger partial charge is 0.239 e. The Morgan fingerprint density at radius 3 is 3.00 bits per heavy atom. The quantitative estimate of drug-likeness (QED) is 0.668. The molecule has 1 aliphatic heterocycles. The lowest BCUT2D eigenvalue weighted by Gasteiger charge is -2.18. The molecule has 68 valence electrons. The highest BCUT2D eigenvalue weighted by molar-refractivity contribution is 8.01. The van der Waals surface area contributed by atoms with Crippen LogP contribution in [0.2, 0.25) is 0 Å². The number of rotatable bonds is 1. The molecule has 1 amide bonds. The van der Waals surface area contributed by atoms with Gasteiger partial charge < -0.3 is 0 Å². The molecule has 5 heteroatoms. The molecule has 1 saturated heterocycles. The first-order chi connectivity index (χ1) is 6.29. The van der Waals surface area contributed by atoms with E-state index >= 15 is 0 Å². The van der Waals surface area contributed by atoms with Gasteiger partial charge in [-0.3, -0.25) is 14.7 Å². The maximum Gasteiger partial charge on any atom is 0.239 e. The summed E-state index contributed by atoms with van der Waals surface area (Å²) in [5, 5.41) is 0.171. The third-order valence-corrected chi connectivity index (χ3v) is 2.98. The number of anilines is 1. The van der Waals surface area contributed by atoms with Gasteiger partial charge in [0.1, 0.15) is 0 Å². The number of carbonyl (C=O) groups excluding carboxylic acids is 1. The minimum Gasteiger partial charge on any atom is -0.282 e. The van der Waals surface area contributed by atoms with E-state index in [-0.39, 0.29) is 11.3 Å². The molecule has 1 atom stereocenters. The van der Waals surface area contributed by atoms with Gasteiger partial charge >= 0.3 is 0 Å². The lowest BCUT2D eigenvalue weighted by atomic mass is 10.5. The average Bonchev–Trinajstić information content (AvgIpc) is 2.48. The maximum atomic E-state index is 11.4. The van der Waals surface area contributed by atoms with Crippen LogP contribution in [0.25, 0.3) is 0 Å². The normalized spacial score (nSPS) is 22.4. The molecule has 2 heterocycles. The van der Waals surface area contributed by atoms with Crippen molar-refractivity contribution in [2.45, 2.75) is 12.3 Å². The maximum absolute atomic E-state index is 11.4. The molecule has 0 bridgehead atoms. The number of carbonyl (C=O) groups is 1. The molecule has 13 heavy (non-hydrogen) atoms. The Morgan fingerprint density at radius 2 is 2.46 bits per heavy atom. The van der Waals surface area contributed by atoms with Gasteiger partial charge in [0.2, 0.25) is 5.91 Å². The van der Waals surface area contributed by atoms with Crippen LogP contribution < -0.4 is 4.90 Å². The number of aromatic nitrogens is 2. The molecular formula is C8H9N3OS. The first-order valence-electron chi connectivity index (χ1n) is 3.99. The fraction of sp³-hybridized carbons (Fsp3) is 0.375. The summed E-state index contributed by atoms with van der Waals surface area (Å²) in [5.74, 6) is 1.29. The van der Waals surface area contributed by atoms with Crippen molar-refractivity contribution in [2.24, 2.45) is 0 Å². The highest BCUT2D eigenvalue weighted by Crippen LogP contribution is 2.27. The van der Waals surface area contributed by atoms with Crippen LogP contribution >= 0.6 is 11.8 Å². The summed E-state index contributed by atoms with van der Waals surface area (Å²) in [6.45, 7) is 1.99. The standard InChI is InChI=1S/C8H9N3OS/c1-6-11(8(12)5-13-6)7-4-9-2-3-10-7/h2-4,6H,5H2,1H3. The minimum absolute atomic E-state index is 0.109. The first kappa shape index (κ1) is 8.50. The van der Waals surface area contributed by atoms with Gasteiger partial charge in [-0.15, -0.1) is 11.8 Å². The van der Waals surface area contributed by atoms with Crippen LogP contribution in [-0.4, -0.2) is 27.0 Å². The molecule has 1 fully saturated rings. The second-order valence-electron chi connectivity index (χ2n) is 2.74. The summed E-state index contributed by atoms with van der Waals surface area (Å²) in [7, 11) is 0. The van der Waals surface area contributed by atoms with E-state index in [1.807, 2.05) is 6.92 Å². The van der Waals surface area contributed by atoms with Crippen molar-refractivity contribution < 1.29 is 4.79 Å². The largest absolute Gasteiger partial charge is 0.282 e. The number of thioether (sulfide) groups is 1. The molecule has 1 unspecified atom stereocenters. The predicted molar refractivity (Wildman–Crippen MR) is 51.4 cm³/mol. The summed E-state index contributed by atoms with van der Waals surface area (Å²) in [4.78, 5) is 21.1. The molecule has 0 aromatic carbocycles. The van der Waals surface area contributed by atoms with Crippen molar-refractivity contribution in [1.82, 2.24) is 9.97 Å². The van der Waals surface area contributed by atoms with Gasteiger partial charge in [-0.2, -0.15) is 0 Å². The van der Waals surface area contributed by atoms with Gasteiger partial charge in [0, 0.05) is 12.4 Å². The zero-order valence-electron chi connectivity index (χ0n) is 7.17. The Balaban J connectivity index is 2.30. The molecule has 0 spiro atoms. The van der Waals surface area contributed by atoms with E-state index in [1.165, 1.54) is 0 Å². The molecule has 0 aliphatic carbocycles. The minimum atomic E-state index is 0.109. The first-order valence-corrected chi connectivity index (χ1v) is 5.03. The zero-order chi connectivity index (χ0) is 9.26. The molecule has 1 aliphatic rings. The van der Waals surface area contributed by atoms with Crippen molar-refractivity contribution in [2.75, 3.05) is 10.7 Å². The van der Waals surface area contributed by atoms with Crippen LogP contribution in [0.15, 0.2) is 18.6 Å². The molecule has 0 radical (unpaired) electrons. The second kappa shape index (κ2) is 3.33. The number of nitrogens with zero attached hydrogens (tertiary/aromatic N) is 3. The monoisotopic (exact) mass is 195 g/mol. The van der Waals surface area contributed by atoms with Crippen molar-refractivity contribution in [3.8, 4) is 0 Å². The fourth-order valence-electron chi connectivity index (χ4n) is 1.27. The highest BCUT2D eigenvalue weighted by Gasteiger charge is 2.30. The topological polar surface area (TPSA) is 46.1 Å². The summed E-state index contributed by atoms with van der Waals surface area (Å²) in [6.07, 6.45) is 4.81. The average molecular weight is 195 g/mol. The van der Waals surface area contributed by atoms with Crippen LogP contribution in [0.1, 0.15) is 6.92 Å². The van der Waals surface area contributed by atoms with E-state index in [0.29, 0.717) is 11.6 Å². The highest BCUT2D eigenvalue weighted by atomic mass is 32.2. The van der Waals surface area contributed by atoms with E-state index in [1.54, 1.807) is 35.3 Å². The molecule has 0 saturated carbocycles. The third kappa shape index (κ3) is 1.51. The van der Waals surface area contributed by atoms with E-state index < -0.39 is 0 Å². The van der Waals surface area contributed by atoms with Crippen LogP contribution in [0.3, 0.4) is 0 Å². The number of hydrogen-bond acceptors (Lipinski definition) is 4. The number of hydrogen-bond donors (Lipinski definition) is 0. The van der Waals surface area contributed by atoms with Gasteiger partial charge in [0.15, 0.2) is 5.82 Å². The van der Waals surface area contributed by atoms with Gasteiger partial charge in [-0.1, -0.05) is 0 Å². The Kier molecular flexibility index (Phi) is 2.18. The van der Waals surface area contributed by atoms with Crippen LogP contribution in [-0.2, 0) is 4.79 Å². The van der Waals surface area contributed by atoms with Crippen molar-refractivity contribution >= 4 is 23.5 Å². The second-order valence-corrected chi connectivity index (χ2v) is 4.04. The Bertz CT molecular complexity index is 316. The molecule has 2 rings (SSSR count). The number of amides is 1. The summed E-state index contributed by atoms with van der Waals surface area (Å²) in [6, 6.07) is 0. The Hall–Kier alpha value is -1.10. The lowest BCUT2D eigenvalue weighted by Crippen LogP contribution is -2.31. The third-order valence-electron chi connectivity index (χ3n) is 1.88. The molecule has 1 aromatic heterocycles. The Labute approximate surface area is 80.4 Å². The van der Waals surface area contributed by atoms with Crippen LogP contribution in [0.5, 0.6) is 0 Å². The van der Waals surface area contributed by atoms with Gasteiger partial charge in [0.25, 0.3) is 0 Å². The van der Waals surface area contributed by atoms with Gasteiger partial charge in [-0.05, 0) is 6.92 Å². The van der Waals surface area contributed by atoms with Gasteiger partial charge in [-0.25, -0.2) is 4.98 Å². The zero-order valence-corrected chi connectivity index (χ0v) is 7.99. The van der Waals surface area contributed by atoms with E-state index in [0.717, 1.165) is 0 Å². The van der Waals surface area contributed by atoms with Crippen molar-refractivity contribution in [3.05, 3.63) is 18.6 Å². The molecular weight excluding hydrogens is 186 g/mol. The molecule has 0 N–H and O–H groups in total. The van der Waals surface area contributed by atoms with E-state index in [9.17, 15) is 4.79 Å². The summed E-state index contributed by atoms with van der Waals surface area (Å²) < 4.78 is 0. The molecule has 1 aromatic rings. The SMILES string of the molecule is CC1SCC(=O)N1c1cnccn1. The predicted octanol–water partition coefficient (Wildman–Crippen LogP) is 0.902. The van der Waals surface area contributed by atoms with Crippen LogP contribution in [0.4, 0.5) is 5.82 Å². The van der Waals surface area contributed by atoms with E-state index in [2.05, 4.69) is 9.97 Å². The van der Waals surface area contributed by atoms with Crippen LogP contribution in [0, 0.1) is 0 Å².